The summed E-state index contributed by atoms with van der Waals surface area (Å²) in [6.45, 7) is 24.1. The van der Waals surface area contributed by atoms with Gasteiger partial charge in [0.25, 0.3) is 0 Å². The van der Waals surface area contributed by atoms with Gasteiger partial charge in [-0.25, -0.2) is 0 Å². The predicted octanol–water partition coefficient (Wildman–Crippen LogP) is 24.7. The van der Waals surface area contributed by atoms with Crippen LogP contribution in [0, 0.1) is 22.7 Å². The van der Waals surface area contributed by atoms with Crippen molar-refractivity contribution >= 4 is 38.9 Å². The molecule has 450 valence electrons. The van der Waals surface area contributed by atoms with Crippen LogP contribution in [0.2, 0.25) is 0 Å². The first-order valence-electron chi connectivity index (χ1n) is 33.4. The minimum absolute atomic E-state index is 0.138. The molecule has 0 N–H and O–H groups in total. The molecular weight excluding hydrogens is 1110 g/mol. The Morgan fingerprint density at radius 2 is 0.783 bits per heavy atom. The minimum atomic E-state index is -0.494. The highest BCUT2D eigenvalue weighted by Crippen LogP contribution is 2.64. The maximum Gasteiger partial charge on any atom is 0.0725 e. The third-order valence-corrected chi connectivity index (χ3v) is 22.2. The van der Waals surface area contributed by atoms with Crippen molar-refractivity contribution in [2.75, 3.05) is 4.90 Å². The Balaban J connectivity index is 0.773. The third-order valence-electron chi connectivity index (χ3n) is 22.2. The molecule has 1 heterocycles. The van der Waals surface area contributed by atoms with Crippen LogP contribution in [0.4, 0.5) is 17.1 Å². The van der Waals surface area contributed by atoms with Crippen LogP contribution < -0.4 is 4.90 Å². The van der Waals surface area contributed by atoms with Crippen LogP contribution in [0.3, 0.4) is 0 Å². The first-order valence-corrected chi connectivity index (χ1v) is 33.4. The van der Waals surface area contributed by atoms with Gasteiger partial charge in [-0.3, -0.25) is 0 Å². The molecule has 13 aromatic rings. The zero-order chi connectivity index (χ0) is 63.0. The summed E-state index contributed by atoms with van der Waals surface area (Å²) < 4.78 is 2.45. The molecule has 4 unspecified atom stereocenters. The Labute approximate surface area is 544 Å². The number of hydrogen-bond acceptors (Lipinski definition) is 1. The maximum absolute atomic E-state index is 2.54. The Kier molecular flexibility index (Phi) is 13.4. The lowest BCUT2D eigenvalue weighted by atomic mass is 9.66. The molecule has 1 aromatic heterocycles. The number of para-hydroxylation sites is 1. The Bertz CT molecular complexity index is 5010. The zero-order valence-corrected chi connectivity index (χ0v) is 54.8. The number of nitrogens with zero attached hydrogens (tertiary/aromatic N) is 2. The highest BCUT2D eigenvalue weighted by molar-refractivity contribution is 6.11. The van der Waals surface area contributed by atoms with Crippen LogP contribution in [0.25, 0.3) is 94.3 Å². The fourth-order valence-corrected chi connectivity index (χ4v) is 16.3. The molecule has 2 nitrogen and oxygen atoms in total. The number of benzene rings is 12. The molecule has 92 heavy (non-hydrogen) atoms. The van der Waals surface area contributed by atoms with Crippen molar-refractivity contribution in [3.8, 4) is 72.4 Å². The van der Waals surface area contributed by atoms with Crippen molar-refractivity contribution in [3.05, 3.63) is 312 Å². The fraction of sp³-hybridized carbons (Fsp3) is 0.200. The van der Waals surface area contributed by atoms with Crippen molar-refractivity contribution in [1.82, 2.24) is 4.57 Å². The molecular formula is C90H80N2. The molecule has 2 heteroatoms. The number of rotatable bonds is 11. The molecule has 0 aliphatic heterocycles. The van der Waals surface area contributed by atoms with Gasteiger partial charge in [-0.15, -0.1) is 0 Å². The molecule has 0 saturated carbocycles. The Morgan fingerprint density at radius 1 is 0.348 bits per heavy atom. The molecule has 0 radical (unpaired) electrons. The zero-order valence-electron chi connectivity index (χ0n) is 54.8. The quantitative estimate of drug-likeness (QED) is 0.125. The Hall–Kier alpha value is -9.76. The van der Waals surface area contributed by atoms with E-state index in [4.69, 9.17) is 0 Å². The molecule has 3 aliphatic rings. The van der Waals surface area contributed by atoms with Gasteiger partial charge >= 0.3 is 0 Å². The lowest BCUT2D eigenvalue weighted by Gasteiger charge is -2.39. The van der Waals surface area contributed by atoms with E-state index in [2.05, 4.69) is 352 Å². The van der Waals surface area contributed by atoms with Gasteiger partial charge in [-0.2, -0.15) is 0 Å². The number of fused-ring (bicyclic) bond motifs is 16. The number of hydrogen-bond donors (Lipinski definition) is 0. The largest absolute Gasteiger partial charge is 0.310 e. The summed E-state index contributed by atoms with van der Waals surface area (Å²) in [6.07, 6.45) is 1.17. The van der Waals surface area contributed by atoms with Gasteiger partial charge in [-0.05, 0) is 214 Å². The van der Waals surface area contributed by atoms with Gasteiger partial charge in [0.2, 0.25) is 0 Å². The summed E-state index contributed by atoms with van der Waals surface area (Å²) in [7, 11) is 0. The van der Waals surface area contributed by atoms with E-state index in [-0.39, 0.29) is 16.2 Å². The minimum Gasteiger partial charge on any atom is -0.310 e. The van der Waals surface area contributed by atoms with E-state index in [1.165, 1.54) is 134 Å². The monoisotopic (exact) mass is 1190 g/mol. The van der Waals surface area contributed by atoms with E-state index in [1.54, 1.807) is 0 Å². The van der Waals surface area contributed by atoms with E-state index in [0.29, 0.717) is 17.8 Å². The van der Waals surface area contributed by atoms with E-state index in [9.17, 15) is 0 Å². The van der Waals surface area contributed by atoms with E-state index >= 15 is 0 Å². The van der Waals surface area contributed by atoms with Gasteiger partial charge in [0, 0.05) is 38.9 Å². The summed E-state index contributed by atoms with van der Waals surface area (Å²) in [4.78, 5) is 2.45. The molecule has 16 rings (SSSR count). The van der Waals surface area contributed by atoms with Gasteiger partial charge in [-0.1, -0.05) is 269 Å². The van der Waals surface area contributed by atoms with Crippen molar-refractivity contribution in [3.63, 3.8) is 0 Å². The van der Waals surface area contributed by atoms with Gasteiger partial charge in [0.15, 0.2) is 0 Å². The third kappa shape index (κ3) is 9.03. The van der Waals surface area contributed by atoms with Crippen LogP contribution in [-0.2, 0) is 10.8 Å². The molecule has 0 amide bonds. The van der Waals surface area contributed by atoms with E-state index in [0.717, 1.165) is 22.7 Å². The highest BCUT2D eigenvalue weighted by atomic mass is 15.1. The molecule has 0 fully saturated rings. The van der Waals surface area contributed by atoms with Crippen LogP contribution in [0.5, 0.6) is 0 Å². The lowest BCUT2D eigenvalue weighted by molar-refractivity contribution is 0.163. The van der Waals surface area contributed by atoms with Gasteiger partial charge < -0.3 is 9.47 Å². The molecule has 12 aromatic carbocycles. The smallest absolute Gasteiger partial charge is 0.0725 e. The second kappa shape index (κ2) is 21.4. The predicted molar refractivity (Wildman–Crippen MR) is 390 cm³/mol. The van der Waals surface area contributed by atoms with Crippen LogP contribution in [-0.4, -0.2) is 4.57 Å². The topological polar surface area (TPSA) is 8.17 Å². The first kappa shape index (κ1) is 57.4. The first-order chi connectivity index (χ1) is 44.5. The van der Waals surface area contributed by atoms with Crippen molar-refractivity contribution in [2.24, 2.45) is 22.7 Å². The summed E-state index contributed by atoms with van der Waals surface area (Å²) in [6, 6.07) is 104. The highest BCUT2D eigenvalue weighted by Gasteiger charge is 2.52. The van der Waals surface area contributed by atoms with Crippen LogP contribution in [0.15, 0.2) is 273 Å². The maximum atomic E-state index is 2.54. The summed E-state index contributed by atoms with van der Waals surface area (Å²) in [5.74, 6) is 1.59. The second-order valence-corrected chi connectivity index (χ2v) is 29.5. The average molecular weight is 1190 g/mol. The second-order valence-electron chi connectivity index (χ2n) is 29.5. The SMILES string of the molecule is CC(CC(c1ccc(-c2ccc3c(c2)C2(c4ccccc4-3)c3ccccc3-c3ccc(-c4ccc(-n5c6ccccc6c6cc(N(c7ccc(-c8ccccc8)cc7)c7ccc8c(c7)C(C)(C)c7ccccc7-8)ccc65)cc4)cc32)cc1)C(C)C(C)(C)C)C(C)(C)C. The number of aromatic nitrogens is 1. The molecule has 0 bridgehead atoms. The molecule has 3 aliphatic carbocycles. The Morgan fingerprint density at radius 3 is 1.39 bits per heavy atom. The average Bonchev–Trinajstić information content (AvgIpc) is 1.51. The lowest BCUT2D eigenvalue weighted by Crippen LogP contribution is -2.28. The number of anilines is 3. The summed E-state index contributed by atoms with van der Waals surface area (Å²) >= 11 is 0. The van der Waals surface area contributed by atoms with E-state index in [1.807, 2.05) is 0 Å². The normalized spacial score (nSPS) is 16.0. The van der Waals surface area contributed by atoms with Gasteiger partial charge in [0.05, 0.1) is 16.4 Å². The van der Waals surface area contributed by atoms with Crippen LogP contribution >= 0.6 is 0 Å². The summed E-state index contributed by atoms with van der Waals surface area (Å²) in [5.41, 5.74) is 31.5. The van der Waals surface area contributed by atoms with Gasteiger partial charge in [0.1, 0.15) is 0 Å². The summed E-state index contributed by atoms with van der Waals surface area (Å²) in [5, 5.41) is 2.43. The fourth-order valence-electron chi connectivity index (χ4n) is 16.3. The van der Waals surface area contributed by atoms with Crippen molar-refractivity contribution < 1.29 is 0 Å². The van der Waals surface area contributed by atoms with Crippen LogP contribution in [0.1, 0.15) is 121 Å². The van der Waals surface area contributed by atoms with Crippen molar-refractivity contribution in [1.29, 1.82) is 0 Å². The molecule has 0 saturated heterocycles. The molecule has 4 atom stereocenters. The van der Waals surface area contributed by atoms with Crippen molar-refractivity contribution in [2.45, 2.75) is 92.4 Å². The van der Waals surface area contributed by atoms with E-state index < -0.39 is 5.41 Å². The molecule has 1 spiro atoms. The standard InChI is InChI=1S/C90H80N2/c1-57(87(3,4)5)52-77(58(2)88(6,7)8)63-34-32-61(33-35-63)64-40-48-74-71-25-15-19-29-80(71)90(83(74)53-64)81-30-20-16-26-72(81)75-49-41-65(54-84(75)90)62-38-44-67(45-39-62)92-85-31-21-17-27-76(85)78-55-68(47-51-86(78)92)91(66-42-36-60(37-43-66)59-22-12-11-13-23-59)69-46-50-73-70-24-14-18-28-79(70)89(9,10)82(73)56-69/h11-51,53-58,77H,52H2,1-10H3.